The lowest BCUT2D eigenvalue weighted by Gasteiger charge is -2.33. The molecule has 8 nitrogen and oxygen atoms in total. The van der Waals surface area contributed by atoms with Gasteiger partial charge >= 0.3 is 0 Å². The molecule has 2 spiro atoms. The van der Waals surface area contributed by atoms with Gasteiger partial charge in [-0.15, -0.1) is 0 Å². The second-order valence-corrected chi connectivity index (χ2v) is 17.7. The van der Waals surface area contributed by atoms with Crippen molar-refractivity contribution in [3.05, 3.63) is 101 Å². The largest absolute Gasteiger partial charge is 0.342 e. The van der Waals surface area contributed by atoms with Crippen molar-refractivity contribution < 1.29 is 14.0 Å². The van der Waals surface area contributed by atoms with E-state index in [-0.39, 0.29) is 23.7 Å². The molecule has 7 rings (SSSR count). The van der Waals surface area contributed by atoms with Crippen molar-refractivity contribution in [2.45, 2.75) is 107 Å². The molecule has 4 aliphatic heterocycles. The Bertz CT molecular complexity index is 1580. The van der Waals surface area contributed by atoms with Crippen LogP contribution in [0.1, 0.15) is 82.6 Å². The van der Waals surface area contributed by atoms with Crippen molar-refractivity contribution in [3.8, 4) is 12.1 Å². The highest BCUT2D eigenvalue weighted by Gasteiger charge is 2.50. The zero-order chi connectivity index (χ0) is 33.0. The minimum absolute atomic E-state index is 0.224. The van der Waals surface area contributed by atoms with Crippen molar-refractivity contribution in [1.82, 2.24) is 14.8 Å². The molecule has 2 unspecified atom stereocenters. The molecule has 2 aliphatic carbocycles. The number of allylic oxidation sites excluding steroid dienone is 6. The van der Waals surface area contributed by atoms with Gasteiger partial charge in [0.1, 0.15) is 11.2 Å². The Morgan fingerprint density at radius 3 is 1.67 bits per heavy atom. The minimum atomic E-state index is -2.57. The Kier molecular flexibility index (Phi) is 9.61. The predicted octanol–water partition coefficient (Wildman–Crippen LogP) is 8.21. The van der Waals surface area contributed by atoms with Crippen LogP contribution in [0, 0.1) is 22.7 Å². The van der Waals surface area contributed by atoms with Gasteiger partial charge in [0.05, 0.1) is 30.7 Å². The number of aryl methyl sites for hydroxylation is 1. The smallest absolute Gasteiger partial charge is 0.154 e. The van der Waals surface area contributed by atoms with Gasteiger partial charge in [-0.05, 0) is 98.1 Å². The zero-order valence-electron chi connectivity index (χ0n) is 27.8. The van der Waals surface area contributed by atoms with Crippen molar-refractivity contribution in [1.29, 1.82) is 10.5 Å². The topological polar surface area (TPSA) is 102 Å². The summed E-state index contributed by atoms with van der Waals surface area (Å²) in [7, 11) is -2.57. The molecule has 5 heterocycles. The van der Waals surface area contributed by atoms with Crippen molar-refractivity contribution in [3.63, 3.8) is 0 Å². The van der Waals surface area contributed by atoms with Crippen LogP contribution in [0.25, 0.3) is 0 Å². The summed E-state index contributed by atoms with van der Waals surface area (Å²) in [6.07, 6.45) is 34.0. The Labute approximate surface area is 285 Å². The maximum Gasteiger partial charge on any atom is 0.154 e. The van der Waals surface area contributed by atoms with Crippen LogP contribution in [0.15, 0.2) is 95.9 Å². The predicted molar refractivity (Wildman–Crippen MR) is 186 cm³/mol. The maximum absolute atomic E-state index is 14.8. The molecule has 2 atom stereocenters. The average molecular weight is 664 g/mol. The average Bonchev–Trinajstić information content (AvgIpc) is 3.56. The quantitative estimate of drug-likeness (QED) is 0.192. The van der Waals surface area contributed by atoms with Gasteiger partial charge in [-0.1, -0.05) is 38.5 Å². The Morgan fingerprint density at radius 1 is 0.750 bits per heavy atom. The highest BCUT2D eigenvalue weighted by atomic mass is 31.2. The van der Waals surface area contributed by atoms with Crippen LogP contribution in [0.2, 0.25) is 0 Å². The van der Waals surface area contributed by atoms with E-state index in [0.29, 0.717) is 18.5 Å². The molecule has 0 bridgehead atoms. The maximum atomic E-state index is 14.8. The summed E-state index contributed by atoms with van der Waals surface area (Å²) in [5, 5.41) is 19.1. The SMILES string of the molecule is N#C/C=C1\N2C=CC(CCP(=O)(CCC3=CC4OC5(CCCCC5)/C(=C/C#N)N4C=C3)CCc3ccncc3)=CC2OC12CCCCC2. The molecule has 250 valence electrons. The molecule has 2 saturated heterocycles. The second-order valence-electron chi connectivity index (χ2n) is 14.2. The molecule has 0 aromatic carbocycles. The van der Waals surface area contributed by atoms with Gasteiger partial charge in [0.15, 0.2) is 12.5 Å². The van der Waals surface area contributed by atoms with Gasteiger partial charge in [-0.25, -0.2) is 0 Å². The fourth-order valence-corrected chi connectivity index (χ4v) is 11.2. The standard InChI is InChI=1S/C39H46N5O3P/c40-20-7-34-38(16-3-1-4-17-38)46-36-29-32(11-24-43(34)36)14-27-48(45,26-13-31-9-22-42-23-10-31)28-15-33-12-25-44-35(8-21-41)39(47-37(44)30-33)18-5-2-6-19-39/h7-12,22-25,29-30,36-37H,1-6,13-19,26-28H2/b34-7-,35-8-. The van der Waals surface area contributed by atoms with E-state index in [1.807, 2.05) is 12.1 Å². The summed E-state index contributed by atoms with van der Waals surface area (Å²) in [4.78, 5) is 8.39. The van der Waals surface area contributed by atoms with Crippen LogP contribution in [0.3, 0.4) is 0 Å². The first-order valence-electron chi connectivity index (χ1n) is 17.8. The molecular formula is C39H46N5O3P. The van der Waals surface area contributed by atoms with E-state index in [9.17, 15) is 15.1 Å². The van der Waals surface area contributed by atoms with Crippen LogP contribution in [-0.2, 0) is 20.5 Å². The van der Waals surface area contributed by atoms with E-state index in [1.165, 1.54) is 12.8 Å². The van der Waals surface area contributed by atoms with Crippen LogP contribution in [0.4, 0.5) is 0 Å². The lowest BCUT2D eigenvalue weighted by atomic mass is 9.82. The van der Waals surface area contributed by atoms with E-state index in [0.717, 1.165) is 98.7 Å². The number of hydrogen-bond acceptors (Lipinski definition) is 8. The van der Waals surface area contributed by atoms with Crippen LogP contribution in [-0.4, -0.2) is 56.9 Å². The third-order valence-electron chi connectivity index (χ3n) is 11.2. The number of fused-ring (bicyclic) bond motifs is 2. The lowest BCUT2D eigenvalue weighted by Crippen LogP contribution is -2.33. The monoisotopic (exact) mass is 663 g/mol. The molecular weight excluding hydrogens is 617 g/mol. The Hall–Kier alpha value is -3.68. The van der Waals surface area contributed by atoms with Gasteiger partial charge in [0.25, 0.3) is 0 Å². The first-order chi connectivity index (χ1) is 23.4. The van der Waals surface area contributed by atoms with E-state index in [2.05, 4.69) is 63.6 Å². The van der Waals surface area contributed by atoms with Crippen LogP contribution in [0.5, 0.6) is 0 Å². The Balaban J connectivity index is 1.05. The van der Waals surface area contributed by atoms with E-state index >= 15 is 0 Å². The molecule has 48 heavy (non-hydrogen) atoms. The molecule has 0 amide bonds. The van der Waals surface area contributed by atoms with Crippen molar-refractivity contribution in [2.24, 2.45) is 0 Å². The molecule has 0 radical (unpaired) electrons. The summed E-state index contributed by atoms with van der Waals surface area (Å²) in [6, 6.07) is 8.55. The normalized spacial score (nSPS) is 28.1. The molecule has 1 aromatic rings. The van der Waals surface area contributed by atoms with Gasteiger partial charge in [0.2, 0.25) is 0 Å². The van der Waals surface area contributed by atoms with Crippen molar-refractivity contribution in [2.75, 3.05) is 18.5 Å². The number of aromatic nitrogens is 1. The molecule has 4 fully saturated rings. The highest BCUT2D eigenvalue weighted by molar-refractivity contribution is 7.63. The van der Waals surface area contributed by atoms with Crippen molar-refractivity contribution >= 4 is 7.14 Å². The van der Waals surface area contributed by atoms with Gasteiger partial charge in [-0.3, -0.25) is 4.98 Å². The first-order valence-corrected chi connectivity index (χ1v) is 20.1. The summed E-state index contributed by atoms with van der Waals surface area (Å²) in [5.41, 5.74) is 4.65. The number of hydrogen-bond donors (Lipinski definition) is 0. The van der Waals surface area contributed by atoms with Crippen LogP contribution < -0.4 is 0 Å². The number of nitrogens with zero attached hydrogens (tertiary/aromatic N) is 5. The number of nitriles is 2. The van der Waals surface area contributed by atoms with Gasteiger partial charge in [-0.2, -0.15) is 10.5 Å². The summed E-state index contributed by atoms with van der Waals surface area (Å²) < 4.78 is 28.2. The number of rotatable bonds is 9. The molecule has 1 aromatic heterocycles. The summed E-state index contributed by atoms with van der Waals surface area (Å²) in [6.45, 7) is 0. The van der Waals surface area contributed by atoms with E-state index < -0.39 is 7.14 Å². The molecule has 0 N–H and O–H groups in total. The van der Waals surface area contributed by atoms with Gasteiger partial charge in [0, 0.05) is 55.4 Å². The molecule has 9 heteroatoms. The first kappa shape index (κ1) is 32.8. The fourth-order valence-electron chi connectivity index (χ4n) is 8.57. The van der Waals surface area contributed by atoms with E-state index in [1.54, 1.807) is 24.5 Å². The zero-order valence-corrected chi connectivity index (χ0v) is 28.7. The van der Waals surface area contributed by atoms with Gasteiger partial charge < -0.3 is 23.8 Å². The van der Waals surface area contributed by atoms with Crippen LogP contribution >= 0.6 is 7.14 Å². The summed E-state index contributed by atoms with van der Waals surface area (Å²) in [5.74, 6) is 0. The third-order valence-corrected chi connectivity index (χ3v) is 14.4. The lowest BCUT2D eigenvalue weighted by molar-refractivity contribution is -0.0456. The summed E-state index contributed by atoms with van der Waals surface area (Å²) >= 11 is 0. The highest BCUT2D eigenvalue weighted by Crippen LogP contribution is 2.52. The minimum Gasteiger partial charge on any atom is -0.342 e. The number of ether oxygens (including phenoxy) is 2. The molecule has 2 saturated carbocycles. The molecule has 6 aliphatic rings. The third kappa shape index (κ3) is 6.64. The Morgan fingerprint density at radius 2 is 1.21 bits per heavy atom. The number of pyridine rings is 1. The second kappa shape index (κ2) is 14.0. The van der Waals surface area contributed by atoms with E-state index in [4.69, 9.17) is 9.47 Å². The fraction of sp³-hybridized carbons (Fsp3) is 0.513.